The predicted molar refractivity (Wildman–Crippen MR) is 120 cm³/mol. The van der Waals surface area contributed by atoms with Gasteiger partial charge in [0, 0.05) is 57.3 Å². The predicted octanol–water partition coefficient (Wildman–Crippen LogP) is 2.72. The molecule has 0 unspecified atom stereocenters. The average molecular weight is 436 g/mol. The molecule has 2 amide bonds. The van der Waals surface area contributed by atoms with Crippen LogP contribution in [0.15, 0.2) is 42.6 Å². The molecule has 2 aromatic rings. The Bertz CT molecular complexity index is 934. The second-order valence-corrected chi connectivity index (χ2v) is 9.04. The second kappa shape index (κ2) is 9.14. The van der Waals surface area contributed by atoms with Crippen molar-refractivity contribution >= 4 is 23.3 Å². The van der Waals surface area contributed by atoms with Crippen LogP contribution in [0.5, 0.6) is 5.75 Å². The zero-order chi connectivity index (χ0) is 21.9. The summed E-state index contributed by atoms with van der Waals surface area (Å²) in [5, 5.41) is 10.9. The number of ether oxygens (including phenoxy) is 1. The number of likely N-dealkylation sites (tertiary alicyclic amines) is 1. The zero-order valence-electron chi connectivity index (χ0n) is 18.2. The summed E-state index contributed by atoms with van der Waals surface area (Å²) in [5.74, 6) is 2.50. The molecule has 8 nitrogen and oxygen atoms in total. The van der Waals surface area contributed by atoms with Crippen molar-refractivity contribution in [3.8, 4) is 5.75 Å². The highest BCUT2D eigenvalue weighted by Gasteiger charge is 2.33. The number of piperidine rings is 1. The number of amides is 2. The Morgan fingerprint density at radius 2 is 1.78 bits per heavy atom. The Hall–Kier alpha value is -3.16. The number of rotatable bonds is 7. The van der Waals surface area contributed by atoms with E-state index in [4.69, 9.17) is 4.74 Å². The first-order valence-corrected chi connectivity index (χ1v) is 11.5. The first-order chi connectivity index (χ1) is 15.6. The van der Waals surface area contributed by atoms with Gasteiger partial charge < -0.3 is 19.9 Å². The monoisotopic (exact) mass is 435 g/mol. The van der Waals surface area contributed by atoms with Gasteiger partial charge in [-0.3, -0.25) is 9.59 Å². The number of nitrogens with zero attached hydrogens (tertiary/aromatic N) is 4. The first kappa shape index (κ1) is 20.7. The van der Waals surface area contributed by atoms with Gasteiger partial charge in [0.1, 0.15) is 11.9 Å². The number of anilines is 2. The molecule has 2 aliphatic heterocycles. The number of hydrogen-bond donors (Lipinski definition) is 1. The summed E-state index contributed by atoms with van der Waals surface area (Å²) in [5.41, 5.74) is 0.765. The number of aromatic nitrogens is 2. The average Bonchev–Trinajstić information content (AvgIpc) is 3.59. The second-order valence-electron chi connectivity index (χ2n) is 9.04. The quantitative estimate of drug-likeness (QED) is 0.720. The fourth-order valence-electron chi connectivity index (χ4n) is 4.27. The van der Waals surface area contributed by atoms with E-state index in [0.717, 1.165) is 49.6 Å². The largest absolute Gasteiger partial charge is 0.490 e. The molecule has 168 valence electrons. The summed E-state index contributed by atoms with van der Waals surface area (Å²) < 4.78 is 6.11. The van der Waals surface area contributed by atoms with Crippen molar-refractivity contribution < 1.29 is 14.3 Å². The molecular formula is C24H29N5O3. The van der Waals surface area contributed by atoms with Crippen molar-refractivity contribution in [2.45, 2.75) is 38.2 Å². The summed E-state index contributed by atoms with van der Waals surface area (Å²) in [6.45, 7) is 2.84. The molecule has 0 radical (unpaired) electrons. The van der Waals surface area contributed by atoms with Gasteiger partial charge in [-0.05, 0) is 55.2 Å². The van der Waals surface area contributed by atoms with Crippen molar-refractivity contribution in [3.05, 3.63) is 42.6 Å². The van der Waals surface area contributed by atoms with Gasteiger partial charge in [0.15, 0.2) is 5.82 Å². The van der Waals surface area contributed by atoms with Gasteiger partial charge >= 0.3 is 0 Å². The van der Waals surface area contributed by atoms with Crippen LogP contribution in [0.3, 0.4) is 0 Å². The Labute approximate surface area is 187 Å². The van der Waals surface area contributed by atoms with Crippen molar-refractivity contribution in [2.75, 3.05) is 36.4 Å². The summed E-state index contributed by atoms with van der Waals surface area (Å²) in [7, 11) is 0. The van der Waals surface area contributed by atoms with Gasteiger partial charge in [-0.2, -0.15) is 5.10 Å². The highest BCUT2D eigenvalue weighted by Crippen LogP contribution is 2.33. The Kier molecular flexibility index (Phi) is 5.92. The molecular weight excluding hydrogens is 406 g/mol. The standard InChI is InChI=1S/C24H29N5O3/c30-23(14-17-3-4-17)28-12-9-21(10-13-28)32-20-7-5-19(6-8-20)26-24(31)18-15-29(16-18)22-2-1-11-25-27-22/h1-2,5-8,11,17-18,21H,3-4,9-10,12-16H2,(H,26,31). The maximum atomic E-state index is 12.5. The van der Waals surface area contributed by atoms with E-state index in [1.165, 1.54) is 12.8 Å². The molecule has 8 heteroatoms. The van der Waals surface area contributed by atoms with Gasteiger partial charge in [0.2, 0.25) is 11.8 Å². The molecule has 32 heavy (non-hydrogen) atoms. The van der Waals surface area contributed by atoms with E-state index < -0.39 is 0 Å². The molecule has 1 N–H and O–H groups in total. The topological polar surface area (TPSA) is 87.7 Å². The van der Waals surface area contributed by atoms with Crippen LogP contribution in [0, 0.1) is 11.8 Å². The van der Waals surface area contributed by atoms with E-state index in [1.807, 2.05) is 46.2 Å². The van der Waals surface area contributed by atoms with Crippen LogP contribution in [-0.4, -0.2) is 59.2 Å². The van der Waals surface area contributed by atoms with Crippen LogP contribution in [0.4, 0.5) is 11.5 Å². The summed E-state index contributed by atoms with van der Waals surface area (Å²) >= 11 is 0. The highest BCUT2D eigenvalue weighted by atomic mass is 16.5. The molecule has 0 atom stereocenters. The van der Waals surface area contributed by atoms with Gasteiger partial charge in [0.05, 0.1) is 5.92 Å². The minimum atomic E-state index is -0.0549. The fourth-order valence-corrected chi connectivity index (χ4v) is 4.27. The SMILES string of the molecule is O=C(Nc1ccc(OC2CCN(C(=O)CC3CC3)CC2)cc1)C1CN(c2cccnn2)C1. The van der Waals surface area contributed by atoms with Crippen LogP contribution >= 0.6 is 0 Å². The highest BCUT2D eigenvalue weighted by molar-refractivity contribution is 5.94. The third kappa shape index (κ3) is 5.00. The first-order valence-electron chi connectivity index (χ1n) is 11.5. The number of nitrogens with one attached hydrogen (secondary N) is 1. The van der Waals surface area contributed by atoms with Crippen molar-refractivity contribution in [1.29, 1.82) is 0 Å². The number of carbonyl (C=O) groups excluding carboxylic acids is 2. The molecule has 0 bridgehead atoms. The van der Waals surface area contributed by atoms with Crippen LogP contribution in [0.2, 0.25) is 0 Å². The summed E-state index contributed by atoms with van der Waals surface area (Å²) in [6, 6.07) is 11.3. The number of hydrogen-bond acceptors (Lipinski definition) is 6. The molecule has 1 saturated carbocycles. The van der Waals surface area contributed by atoms with Crippen molar-refractivity contribution in [1.82, 2.24) is 15.1 Å². The van der Waals surface area contributed by atoms with Crippen LogP contribution in [-0.2, 0) is 9.59 Å². The molecule has 2 saturated heterocycles. The van der Waals surface area contributed by atoms with E-state index in [2.05, 4.69) is 15.5 Å². The number of benzene rings is 1. The maximum absolute atomic E-state index is 12.5. The zero-order valence-corrected chi connectivity index (χ0v) is 18.2. The van der Waals surface area contributed by atoms with Crippen LogP contribution in [0.1, 0.15) is 32.1 Å². The molecule has 0 spiro atoms. The minimum Gasteiger partial charge on any atom is -0.490 e. The fraction of sp³-hybridized carbons (Fsp3) is 0.500. The van der Waals surface area contributed by atoms with Crippen LogP contribution in [0.25, 0.3) is 0 Å². The molecule has 1 aliphatic carbocycles. The van der Waals surface area contributed by atoms with E-state index >= 15 is 0 Å². The molecule has 3 fully saturated rings. The Balaban J connectivity index is 1.04. The minimum absolute atomic E-state index is 0.0158. The van der Waals surface area contributed by atoms with E-state index in [0.29, 0.717) is 24.9 Å². The normalized spacial score (nSPS) is 19.4. The van der Waals surface area contributed by atoms with Crippen LogP contribution < -0.4 is 15.0 Å². The maximum Gasteiger partial charge on any atom is 0.231 e. The lowest BCUT2D eigenvalue weighted by Crippen LogP contribution is -2.52. The van der Waals surface area contributed by atoms with Gasteiger partial charge in [0.25, 0.3) is 0 Å². The third-order valence-electron chi connectivity index (χ3n) is 6.51. The smallest absolute Gasteiger partial charge is 0.231 e. The van der Waals surface area contributed by atoms with Gasteiger partial charge in [-0.1, -0.05) is 0 Å². The summed E-state index contributed by atoms with van der Waals surface area (Å²) in [4.78, 5) is 28.8. The third-order valence-corrected chi connectivity index (χ3v) is 6.51. The number of carbonyl (C=O) groups is 2. The lowest BCUT2D eigenvalue weighted by Gasteiger charge is -2.38. The van der Waals surface area contributed by atoms with E-state index in [1.54, 1.807) is 6.20 Å². The molecule has 3 heterocycles. The van der Waals surface area contributed by atoms with E-state index in [9.17, 15) is 9.59 Å². The van der Waals surface area contributed by atoms with Gasteiger partial charge in [-0.15, -0.1) is 5.10 Å². The molecule has 1 aromatic carbocycles. The van der Waals surface area contributed by atoms with Crippen molar-refractivity contribution in [3.63, 3.8) is 0 Å². The Morgan fingerprint density at radius 1 is 1.03 bits per heavy atom. The molecule has 5 rings (SSSR count). The molecule has 1 aromatic heterocycles. The van der Waals surface area contributed by atoms with Gasteiger partial charge in [-0.25, -0.2) is 0 Å². The lowest BCUT2D eigenvalue weighted by molar-refractivity contribution is -0.133. The summed E-state index contributed by atoms with van der Waals surface area (Å²) in [6.07, 6.45) is 6.63. The lowest BCUT2D eigenvalue weighted by atomic mass is 9.99. The van der Waals surface area contributed by atoms with E-state index in [-0.39, 0.29) is 17.9 Å². The Morgan fingerprint density at radius 3 is 2.44 bits per heavy atom. The van der Waals surface area contributed by atoms with Crippen molar-refractivity contribution in [2.24, 2.45) is 11.8 Å². The molecule has 3 aliphatic rings.